The van der Waals surface area contributed by atoms with Crippen molar-refractivity contribution in [3.63, 3.8) is 0 Å². The molecular weight excluding hydrogens is 560 g/mol. The molecule has 0 spiro atoms. The third-order valence-electron chi connectivity index (χ3n) is 7.38. The lowest BCUT2D eigenvalue weighted by Crippen LogP contribution is -2.41. The number of ether oxygens (including phenoxy) is 2. The first-order valence-corrected chi connectivity index (χ1v) is 13.8. The van der Waals surface area contributed by atoms with Crippen LogP contribution in [0.5, 0.6) is 17.2 Å². The maximum atomic E-state index is 13.4. The normalized spacial score (nSPS) is 17.4. The first-order valence-electron chi connectivity index (χ1n) is 13.8. The van der Waals surface area contributed by atoms with Gasteiger partial charge in [-0.1, -0.05) is 6.92 Å². The maximum absolute atomic E-state index is 13.4. The van der Waals surface area contributed by atoms with Crippen molar-refractivity contribution in [2.24, 2.45) is 12.5 Å². The van der Waals surface area contributed by atoms with Gasteiger partial charge in [0.25, 0.3) is 5.91 Å². The van der Waals surface area contributed by atoms with E-state index in [0.29, 0.717) is 17.1 Å². The highest BCUT2D eigenvalue weighted by Crippen LogP contribution is 2.39. The Hall–Kier alpha value is -4.85. The molecule has 224 valence electrons. The van der Waals surface area contributed by atoms with Gasteiger partial charge in [-0.05, 0) is 56.1 Å². The quantitative estimate of drug-likeness (QED) is 0.262. The van der Waals surface area contributed by atoms with Crippen LogP contribution in [0.1, 0.15) is 30.1 Å². The Balaban J connectivity index is 1.27. The summed E-state index contributed by atoms with van der Waals surface area (Å²) in [5.74, 6) is 0.238. The first kappa shape index (κ1) is 28.3. The standard InChI is InChI=1S/C29H31F2N9O3/c1-29(8-4-10-37(2)17-29)18-39-15-20(13-33-39)42-19-6-7-24(43-28(30)31)21(12-19)25-23(16-38(3)36-25)35-27(41)22-14-34-40-11-5-9-32-26(22)40/h5-7,9,11-16,28H,4,8,10,17-18H2,1-3H3,(H,35,41). The fourth-order valence-corrected chi connectivity index (χ4v) is 5.64. The van der Waals surface area contributed by atoms with Crippen LogP contribution in [-0.4, -0.2) is 71.7 Å². The average Bonchev–Trinajstić information content (AvgIpc) is 3.67. The number of fused-ring (bicyclic) bond motifs is 1. The van der Waals surface area contributed by atoms with Gasteiger partial charge in [0.05, 0.1) is 29.8 Å². The number of amides is 1. The predicted octanol–water partition coefficient (Wildman–Crippen LogP) is 4.70. The van der Waals surface area contributed by atoms with Crippen LogP contribution in [0.3, 0.4) is 0 Å². The van der Waals surface area contributed by atoms with E-state index in [-0.39, 0.29) is 33.7 Å². The van der Waals surface area contributed by atoms with Gasteiger partial charge in [-0.2, -0.15) is 24.1 Å². The number of nitrogens with one attached hydrogen (secondary N) is 1. The second kappa shape index (κ2) is 11.4. The number of aryl methyl sites for hydroxylation is 1. The van der Waals surface area contributed by atoms with Crippen molar-refractivity contribution in [2.75, 3.05) is 25.5 Å². The fraction of sp³-hybridized carbons (Fsp3) is 0.345. The summed E-state index contributed by atoms with van der Waals surface area (Å²) in [6.45, 7) is 2.00. The third kappa shape index (κ3) is 6.18. The summed E-state index contributed by atoms with van der Waals surface area (Å²) < 4.78 is 42.5. The van der Waals surface area contributed by atoms with Gasteiger partial charge in [0.2, 0.25) is 0 Å². The molecule has 5 heterocycles. The molecule has 1 amide bonds. The van der Waals surface area contributed by atoms with Gasteiger partial charge in [0.1, 0.15) is 22.8 Å². The molecule has 0 saturated carbocycles. The zero-order chi connectivity index (χ0) is 30.1. The van der Waals surface area contributed by atoms with Crippen LogP contribution < -0.4 is 14.8 Å². The summed E-state index contributed by atoms with van der Waals surface area (Å²) in [6.07, 6.45) is 11.9. The molecule has 1 aliphatic heterocycles. The Bertz CT molecular complexity index is 1760. The van der Waals surface area contributed by atoms with Crippen LogP contribution in [0.15, 0.2) is 61.4 Å². The Morgan fingerprint density at radius 3 is 2.84 bits per heavy atom. The molecule has 0 radical (unpaired) electrons. The van der Waals surface area contributed by atoms with E-state index < -0.39 is 12.5 Å². The Morgan fingerprint density at radius 2 is 2.02 bits per heavy atom. The molecule has 1 aliphatic rings. The van der Waals surface area contributed by atoms with E-state index in [1.165, 1.54) is 27.5 Å². The van der Waals surface area contributed by atoms with E-state index in [4.69, 9.17) is 9.47 Å². The molecule has 6 rings (SSSR count). The summed E-state index contributed by atoms with van der Waals surface area (Å²) in [4.78, 5) is 19.8. The van der Waals surface area contributed by atoms with Crippen molar-refractivity contribution in [3.05, 3.63) is 67.0 Å². The second-order valence-electron chi connectivity index (χ2n) is 11.1. The van der Waals surface area contributed by atoms with Crippen molar-refractivity contribution in [2.45, 2.75) is 32.9 Å². The van der Waals surface area contributed by atoms with E-state index in [2.05, 4.69) is 44.5 Å². The minimum atomic E-state index is -3.07. The van der Waals surface area contributed by atoms with Crippen molar-refractivity contribution in [1.82, 2.24) is 39.1 Å². The molecule has 12 nitrogen and oxygen atoms in total. The Kier molecular flexibility index (Phi) is 7.52. The lowest BCUT2D eigenvalue weighted by Gasteiger charge is -2.38. The third-order valence-corrected chi connectivity index (χ3v) is 7.38. The van der Waals surface area contributed by atoms with E-state index in [1.807, 2.05) is 10.9 Å². The molecule has 5 aromatic rings. The Morgan fingerprint density at radius 1 is 1.16 bits per heavy atom. The van der Waals surface area contributed by atoms with E-state index in [9.17, 15) is 13.6 Å². The second-order valence-corrected chi connectivity index (χ2v) is 11.1. The van der Waals surface area contributed by atoms with Crippen molar-refractivity contribution in [1.29, 1.82) is 0 Å². The summed E-state index contributed by atoms with van der Waals surface area (Å²) in [5.41, 5.74) is 1.40. The summed E-state index contributed by atoms with van der Waals surface area (Å²) in [7, 11) is 3.78. The molecule has 1 unspecified atom stereocenters. The molecule has 1 atom stereocenters. The highest BCUT2D eigenvalue weighted by atomic mass is 19.3. The van der Waals surface area contributed by atoms with Crippen LogP contribution in [0.25, 0.3) is 16.9 Å². The molecular formula is C29H31F2N9O3. The predicted molar refractivity (Wildman–Crippen MR) is 153 cm³/mol. The van der Waals surface area contributed by atoms with Crippen molar-refractivity contribution in [3.8, 4) is 28.5 Å². The number of benzene rings is 1. The lowest BCUT2D eigenvalue weighted by molar-refractivity contribution is -0.0494. The number of hydrogen-bond donors (Lipinski definition) is 1. The van der Waals surface area contributed by atoms with Gasteiger partial charge in [0.15, 0.2) is 11.4 Å². The summed E-state index contributed by atoms with van der Waals surface area (Å²) in [6, 6.07) is 6.15. The van der Waals surface area contributed by atoms with Crippen LogP contribution in [0, 0.1) is 5.41 Å². The van der Waals surface area contributed by atoms with Gasteiger partial charge in [0, 0.05) is 38.7 Å². The van der Waals surface area contributed by atoms with Crippen LogP contribution in [-0.2, 0) is 13.6 Å². The zero-order valence-corrected chi connectivity index (χ0v) is 23.9. The minimum absolute atomic E-state index is 0.0942. The number of alkyl halides is 2. The number of carbonyl (C=O) groups is 1. The number of halogens is 2. The molecule has 0 aliphatic carbocycles. The maximum Gasteiger partial charge on any atom is 0.387 e. The number of aromatic nitrogens is 7. The molecule has 43 heavy (non-hydrogen) atoms. The molecule has 1 saturated heterocycles. The fourth-order valence-electron chi connectivity index (χ4n) is 5.64. The highest BCUT2D eigenvalue weighted by molar-refractivity contribution is 6.09. The van der Waals surface area contributed by atoms with Gasteiger partial charge >= 0.3 is 6.61 Å². The monoisotopic (exact) mass is 591 g/mol. The van der Waals surface area contributed by atoms with Gasteiger partial charge in [-0.15, -0.1) is 0 Å². The van der Waals surface area contributed by atoms with E-state index >= 15 is 0 Å². The first-order chi connectivity index (χ1) is 20.7. The number of rotatable bonds is 9. The largest absolute Gasteiger partial charge is 0.454 e. The molecule has 1 aromatic carbocycles. The molecule has 1 fully saturated rings. The number of piperidine rings is 1. The Labute approximate surface area is 245 Å². The molecule has 1 N–H and O–H groups in total. The van der Waals surface area contributed by atoms with Gasteiger partial charge in [-0.3, -0.25) is 14.2 Å². The molecule has 14 heteroatoms. The number of carbonyl (C=O) groups excluding carboxylic acids is 1. The van der Waals surface area contributed by atoms with Gasteiger partial charge < -0.3 is 19.7 Å². The smallest absolute Gasteiger partial charge is 0.387 e. The van der Waals surface area contributed by atoms with Crippen LogP contribution >= 0.6 is 0 Å². The van der Waals surface area contributed by atoms with Crippen molar-refractivity contribution >= 4 is 17.2 Å². The summed E-state index contributed by atoms with van der Waals surface area (Å²) >= 11 is 0. The lowest BCUT2D eigenvalue weighted by atomic mass is 9.82. The molecule has 4 aromatic heterocycles. The zero-order valence-electron chi connectivity index (χ0n) is 23.9. The topological polar surface area (TPSA) is 117 Å². The number of hydrogen-bond acceptors (Lipinski definition) is 8. The SMILES string of the molecule is CN1CCCC(C)(Cn2cc(Oc3ccc(OC(F)F)c(-c4nn(C)cc4NC(=O)c4cnn5cccnc45)c3)cn2)C1. The molecule has 0 bridgehead atoms. The van der Waals surface area contributed by atoms with Gasteiger partial charge in [-0.25, -0.2) is 9.50 Å². The summed E-state index contributed by atoms with van der Waals surface area (Å²) in [5, 5.41) is 15.9. The highest BCUT2D eigenvalue weighted by Gasteiger charge is 2.30. The van der Waals surface area contributed by atoms with Crippen LogP contribution in [0.2, 0.25) is 0 Å². The number of likely N-dealkylation sites (tertiary alicyclic amines) is 1. The van der Waals surface area contributed by atoms with E-state index in [0.717, 1.165) is 32.5 Å². The van der Waals surface area contributed by atoms with Crippen molar-refractivity contribution < 1.29 is 23.0 Å². The van der Waals surface area contributed by atoms with Crippen LogP contribution in [0.4, 0.5) is 14.5 Å². The number of nitrogens with zero attached hydrogens (tertiary/aromatic N) is 8. The number of anilines is 1. The van der Waals surface area contributed by atoms with E-state index in [1.54, 1.807) is 44.0 Å². The minimum Gasteiger partial charge on any atom is -0.454 e. The average molecular weight is 592 g/mol.